The highest BCUT2D eigenvalue weighted by molar-refractivity contribution is 7.12. The Morgan fingerprint density at radius 3 is 2.44 bits per heavy atom. The third-order valence-electron chi connectivity index (χ3n) is 2.73. The zero-order valence-electron chi connectivity index (χ0n) is 9.82. The summed E-state index contributed by atoms with van der Waals surface area (Å²) in [4.78, 5) is 2.45. The molecule has 1 nitrogen and oxygen atoms in total. The lowest BCUT2D eigenvalue weighted by Crippen LogP contribution is -1.99. The van der Waals surface area contributed by atoms with Gasteiger partial charge in [-0.15, -0.1) is 11.3 Å². The molecule has 0 bridgehead atoms. The van der Waals surface area contributed by atoms with E-state index in [2.05, 4.69) is 19.9 Å². The smallest absolute Gasteiger partial charge is 0.105 e. The number of thiophene rings is 1. The highest BCUT2D eigenvalue weighted by Crippen LogP contribution is 2.30. The molecule has 1 unspecified atom stereocenters. The summed E-state index contributed by atoms with van der Waals surface area (Å²) < 4.78 is 0. The van der Waals surface area contributed by atoms with E-state index in [0.717, 1.165) is 11.1 Å². The predicted octanol–water partition coefficient (Wildman–Crippen LogP) is 3.76. The Labute approximate surface area is 100 Å². The lowest BCUT2D eigenvalue weighted by atomic mass is 10.0. The van der Waals surface area contributed by atoms with E-state index in [4.69, 9.17) is 0 Å². The minimum absolute atomic E-state index is 0.496. The van der Waals surface area contributed by atoms with Crippen LogP contribution < -0.4 is 0 Å². The van der Waals surface area contributed by atoms with Crippen LogP contribution in [-0.4, -0.2) is 5.11 Å². The Morgan fingerprint density at radius 1 is 1.12 bits per heavy atom. The van der Waals surface area contributed by atoms with Crippen LogP contribution >= 0.6 is 11.3 Å². The normalized spacial score (nSPS) is 12.8. The zero-order valence-corrected chi connectivity index (χ0v) is 10.6. The van der Waals surface area contributed by atoms with E-state index in [0.29, 0.717) is 0 Å². The minimum Gasteiger partial charge on any atom is -0.384 e. The fourth-order valence-electron chi connectivity index (χ4n) is 1.94. The second-order valence-corrected chi connectivity index (χ2v) is 5.65. The third-order valence-corrected chi connectivity index (χ3v) is 3.71. The van der Waals surface area contributed by atoms with Crippen molar-refractivity contribution >= 4 is 11.3 Å². The van der Waals surface area contributed by atoms with Gasteiger partial charge >= 0.3 is 0 Å². The topological polar surface area (TPSA) is 20.2 Å². The van der Waals surface area contributed by atoms with E-state index in [1.54, 1.807) is 11.3 Å². The quantitative estimate of drug-likeness (QED) is 0.836. The van der Waals surface area contributed by atoms with Crippen LogP contribution in [0, 0.1) is 20.8 Å². The van der Waals surface area contributed by atoms with Gasteiger partial charge in [0.15, 0.2) is 0 Å². The number of hydrogen-bond donors (Lipinski definition) is 1. The maximum atomic E-state index is 10.3. The molecule has 0 saturated heterocycles. The van der Waals surface area contributed by atoms with Crippen molar-refractivity contribution in [1.82, 2.24) is 0 Å². The van der Waals surface area contributed by atoms with Crippen molar-refractivity contribution in [2.45, 2.75) is 26.9 Å². The lowest BCUT2D eigenvalue weighted by molar-refractivity contribution is 0.220. The van der Waals surface area contributed by atoms with E-state index < -0.39 is 6.10 Å². The van der Waals surface area contributed by atoms with Crippen LogP contribution in [-0.2, 0) is 0 Å². The van der Waals surface area contributed by atoms with E-state index in [-0.39, 0.29) is 0 Å². The van der Waals surface area contributed by atoms with Gasteiger partial charge in [-0.05, 0) is 38.0 Å². The molecule has 0 aliphatic carbocycles. The molecule has 16 heavy (non-hydrogen) atoms. The fraction of sp³-hybridized carbons (Fsp3) is 0.286. The second-order valence-electron chi connectivity index (χ2n) is 4.19. The van der Waals surface area contributed by atoms with E-state index in [1.165, 1.54) is 15.3 Å². The summed E-state index contributed by atoms with van der Waals surface area (Å²) in [5.41, 5.74) is 3.19. The predicted molar refractivity (Wildman–Crippen MR) is 69.0 cm³/mol. The minimum atomic E-state index is -0.496. The van der Waals surface area contributed by atoms with Crippen molar-refractivity contribution in [1.29, 1.82) is 0 Å². The summed E-state index contributed by atoms with van der Waals surface area (Å²) in [7, 11) is 0. The first-order chi connectivity index (χ1) is 7.58. The molecule has 0 saturated carbocycles. The van der Waals surface area contributed by atoms with Crippen LogP contribution in [0.3, 0.4) is 0 Å². The molecule has 0 fully saturated rings. The Kier molecular flexibility index (Phi) is 3.13. The SMILES string of the molecule is Cc1cccc(C(O)c2cc(C)sc2C)c1. The Bertz CT molecular complexity index is 499. The number of aliphatic hydroxyl groups is 1. The summed E-state index contributed by atoms with van der Waals surface area (Å²) in [5.74, 6) is 0. The Morgan fingerprint density at radius 2 is 1.88 bits per heavy atom. The highest BCUT2D eigenvalue weighted by atomic mass is 32.1. The molecule has 0 amide bonds. The molecule has 0 aliphatic rings. The van der Waals surface area contributed by atoms with Crippen molar-refractivity contribution in [2.24, 2.45) is 0 Å². The molecule has 1 N–H and O–H groups in total. The summed E-state index contributed by atoms with van der Waals surface area (Å²) in [6, 6.07) is 10.1. The second kappa shape index (κ2) is 4.40. The standard InChI is InChI=1S/C14H16OS/c1-9-5-4-6-12(7-9)14(15)13-8-10(2)16-11(13)3/h4-8,14-15H,1-3H3. The van der Waals surface area contributed by atoms with Gasteiger partial charge in [-0.1, -0.05) is 29.8 Å². The monoisotopic (exact) mass is 232 g/mol. The van der Waals surface area contributed by atoms with Gasteiger partial charge in [-0.2, -0.15) is 0 Å². The molecule has 0 aliphatic heterocycles. The fourth-order valence-corrected chi connectivity index (χ4v) is 2.90. The molecular weight excluding hydrogens is 216 g/mol. The van der Waals surface area contributed by atoms with Gasteiger partial charge in [0, 0.05) is 9.75 Å². The summed E-state index contributed by atoms with van der Waals surface area (Å²) >= 11 is 1.74. The van der Waals surface area contributed by atoms with Gasteiger partial charge in [0.1, 0.15) is 6.10 Å². The van der Waals surface area contributed by atoms with Crippen LogP contribution in [0.4, 0.5) is 0 Å². The first kappa shape index (κ1) is 11.4. The van der Waals surface area contributed by atoms with E-state index in [9.17, 15) is 5.11 Å². The highest BCUT2D eigenvalue weighted by Gasteiger charge is 2.14. The van der Waals surface area contributed by atoms with Gasteiger partial charge in [-0.25, -0.2) is 0 Å². The van der Waals surface area contributed by atoms with Gasteiger partial charge in [0.2, 0.25) is 0 Å². The van der Waals surface area contributed by atoms with Crippen LogP contribution in [0.1, 0.15) is 32.5 Å². The number of aryl methyl sites for hydroxylation is 3. The molecule has 2 rings (SSSR count). The van der Waals surface area contributed by atoms with Crippen LogP contribution in [0.2, 0.25) is 0 Å². The number of rotatable bonds is 2. The summed E-state index contributed by atoms with van der Waals surface area (Å²) in [6.07, 6.45) is -0.496. The van der Waals surface area contributed by atoms with Gasteiger partial charge < -0.3 is 5.11 Å². The van der Waals surface area contributed by atoms with Crippen molar-refractivity contribution in [3.8, 4) is 0 Å². The maximum Gasteiger partial charge on any atom is 0.105 e. The average Bonchev–Trinajstić information content (AvgIpc) is 2.57. The average molecular weight is 232 g/mol. The molecule has 0 radical (unpaired) electrons. The van der Waals surface area contributed by atoms with Gasteiger partial charge in [0.05, 0.1) is 0 Å². The van der Waals surface area contributed by atoms with Crippen molar-refractivity contribution < 1.29 is 5.11 Å². The van der Waals surface area contributed by atoms with Crippen LogP contribution in [0.15, 0.2) is 30.3 Å². The molecule has 1 aromatic heterocycles. The zero-order chi connectivity index (χ0) is 11.7. The van der Waals surface area contributed by atoms with Crippen molar-refractivity contribution in [2.75, 3.05) is 0 Å². The van der Waals surface area contributed by atoms with Crippen LogP contribution in [0.25, 0.3) is 0 Å². The molecular formula is C14H16OS. The molecule has 1 heterocycles. The first-order valence-electron chi connectivity index (χ1n) is 5.39. The molecule has 2 heteroatoms. The lowest BCUT2D eigenvalue weighted by Gasteiger charge is -2.11. The first-order valence-corrected chi connectivity index (χ1v) is 6.21. The summed E-state index contributed by atoms with van der Waals surface area (Å²) in [6.45, 7) is 6.18. The molecule has 0 spiro atoms. The van der Waals surface area contributed by atoms with E-state index >= 15 is 0 Å². The largest absolute Gasteiger partial charge is 0.384 e. The van der Waals surface area contributed by atoms with Crippen molar-refractivity contribution in [3.63, 3.8) is 0 Å². The van der Waals surface area contributed by atoms with Crippen LogP contribution in [0.5, 0.6) is 0 Å². The molecule has 1 aromatic carbocycles. The Hall–Kier alpha value is -1.12. The number of benzene rings is 1. The van der Waals surface area contributed by atoms with Gasteiger partial charge in [0.25, 0.3) is 0 Å². The Balaban J connectivity index is 2.38. The number of aliphatic hydroxyl groups excluding tert-OH is 1. The molecule has 84 valence electrons. The molecule has 1 atom stereocenters. The van der Waals surface area contributed by atoms with Gasteiger partial charge in [-0.3, -0.25) is 0 Å². The van der Waals surface area contributed by atoms with Crippen molar-refractivity contribution in [3.05, 3.63) is 56.8 Å². The van der Waals surface area contributed by atoms with E-state index in [1.807, 2.05) is 31.2 Å². The molecule has 2 aromatic rings. The number of hydrogen-bond acceptors (Lipinski definition) is 2. The maximum absolute atomic E-state index is 10.3. The summed E-state index contributed by atoms with van der Waals surface area (Å²) in [5, 5.41) is 10.3. The third kappa shape index (κ3) is 2.18.